The molecule has 0 aliphatic carbocycles. The normalized spacial score (nSPS) is 11.3. The lowest BCUT2D eigenvalue weighted by Gasteiger charge is -2.05. The number of hydrogen-bond acceptors (Lipinski definition) is 6. The minimum Gasteiger partial charge on any atom is -0.394 e. The van der Waals surface area contributed by atoms with E-state index in [9.17, 15) is 8.42 Å². The van der Waals surface area contributed by atoms with E-state index in [0.717, 1.165) is 10.4 Å². The van der Waals surface area contributed by atoms with Crippen LogP contribution >= 0.6 is 11.3 Å². The molecule has 0 aliphatic heterocycles. The number of hydrogen-bond donors (Lipinski definition) is 0. The third kappa shape index (κ3) is 3.02. The summed E-state index contributed by atoms with van der Waals surface area (Å²) in [5, 5.41) is 0.482. The summed E-state index contributed by atoms with van der Waals surface area (Å²) in [4.78, 5) is 12.6. The second-order valence-electron chi connectivity index (χ2n) is 4.87. The smallest absolute Gasteiger partial charge is 0.376 e. The highest BCUT2D eigenvalue weighted by Crippen LogP contribution is 2.33. The van der Waals surface area contributed by atoms with E-state index in [1.165, 1.54) is 23.5 Å². The maximum Gasteiger partial charge on any atom is 0.376 e. The summed E-state index contributed by atoms with van der Waals surface area (Å²) in [6.45, 7) is 10.8. The molecule has 0 N–H and O–H groups in total. The van der Waals surface area contributed by atoms with Gasteiger partial charge in [0.05, 0.1) is 0 Å². The topological polar surface area (TPSA) is 73.5 Å². The molecule has 6 nitrogen and oxygen atoms in total. The Labute approximate surface area is 137 Å². The Morgan fingerprint density at radius 1 is 1.17 bits per heavy atom. The van der Waals surface area contributed by atoms with Crippen LogP contribution in [-0.2, 0) is 10.1 Å². The van der Waals surface area contributed by atoms with Crippen molar-refractivity contribution in [1.29, 1.82) is 0 Å². The highest BCUT2D eigenvalue weighted by Gasteiger charge is 2.23. The molecule has 0 spiro atoms. The van der Waals surface area contributed by atoms with E-state index < -0.39 is 10.1 Å². The van der Waals surface area contributed by atoms with Crippen molar-refractivity contribution in [3.63, 3.8) is 0 Å². The number of thiophene rings is 1. The quantitative estimate of drug-likeness (QED) is 0.535. The molecule has 116 valence electrons. The summed E-state index contributed by atoms with van der Waals surface area (Å²) in [5.74, 6) is -0.264. The van der Waals surface area contributed by atoms with E-state index in [2.05, 4.69) is 14.8 Å². The summed E-state index contributed by atoms with van der Waals surface area (Å²) in [6.07, 6.45) is 0. The number of fused-ring (bicyclic) bond motifs is 1. The zero-order valence-corrected chi connectivity index (χ0v) is 13.9. The monoisotopic (exact) mass is 345 g/mol. The number of aromatic nitrogens is 2. The molecule has 0 radical (unpaired) electrons. The van der Waals surface area contributed by atoms with E-state index in [0.29, 0.717) is 10.2 Å². The molecule has 0 amide bonds. The zero-order valence-electron chi connectivity index (χ0n) is 12.3. The Kier molecular flexibility index (Phi) is 3.75. The van der Waals surface area contributed by atoms with Gasteiger partial charge in [-0.05, 0) is 32.0 Å². The predicted molar refractivity (Wildman–Crippen MR) is 87.4 cm³/mol. The molecule has 8 heteroatoms. The van der Waals surface area contributed by atoms with E-state index in [4.69, 9.17) is 10.8 Å². The first-order valence-corrected chi connectivity index (χ1v) is 8.78. The van der Waals surface area contributed by atoms with Gasteiger partial charge in [0.25, 0.3) is 0 Å². The van der Waals surface area contributed by atoms with Crippen molar-refractivity contribution in [3.05, 3.63) is 52.2 Å². The first kappa shape index (κ1) is 15.4. The predicted octanol–water partition coefficient (Wildman–Crippen LogP) is 3.63. The fourth-order valence-corrected chi connectivity index (χ4v) is 3.74. The summed E-state index contributed by atoms with van der Waals surface area (Å²) >= 11 is 1.35. The second kappa shape index (κ2) is 5.61. The maximum absolute atomic E-state index is 12.4. The van der Waals surface area contributed by atoms with E-state index in [1.54, 1.807) is 18.2 Å². The minimum atomic E-state index is -4.03. The molecule has 3 aromatic rings. The van der Waals surface area contributed by atoms with Gasteiger partial charge < -0.3 is 9.03 Å². The Morgan fingerprint density at radius 2 is 1.87 bits per heavy atom. The summed E-state index contributed by atoms with van der Waals surface area (Å²) in [6, 6.07) is 8.05. The van der Waals surface area contributed by atoms with Gasteiger partial charge in [0.1, 0.15) is 10.3 Å². The van der Waals surface area contributed by atoms with Crippen molar-refractivity contribution >= 4 is 37.6 Å². The Bertz CT molecular complexity index is 1030. The maximum atomic E-state index is 12.4. The standard InChI is InChI=1S/C15H11N3O3S2/c1-9-4-6-11(7-5-9)23(19,20)21-13-12-8-10(2)22-14(12)18-15(16-3)17-13/h4-8H,1-2H3. The van der Waals surface area contributed by atoms with Crippen LogP contribution < -0.4 is 4.18 Å². The molecule has 0 aliphatic rings. The average molecular weight is 345 g/mol. The third-order valence-corrected chi connectivity index (χ3v) is 5.24. The molecule has 0 bridgehead atoms. The van der Waals surface area contributed by atoms with Crippen LogP contribution in [0.4, 0.5) is 5.95 Å². The molecule has 0 fully saturated rings. The lowest BCUT2D eigenvalue weighted by molar-refractivity contribution is 0.479. The van der Waals surface area contributed by atoms with Crippen molar-refractivity contribution in [2.45, 2.75) is 18.7 Å². The van der Waals surface area contributed by atoms with Gasteiger partial charge in [-0.25, -0.2) is 0 Å². The fraction of sp³-hybridized carbons (Fsp3) is 0.133. The molecule has 23 heavy (non-hydrogen) atoms. The number of aryl methyl sites for hydroxylation is 2. The molecule has 3 rings (SSSR count). The van der Waals surface area contributed by atoms with E-state index >= 15 is 0 Å². The van der Waals surface area contributed by atoms with Crippen molar-refractivity contribution in [2.24, 2.45) is 0 Å². The molecule has 1 aromatic carbocycles. The lowest BCUT2D eigenvalue weighted by atomic mass is 10.2. The van der Waals surface area contributed by atoms with Crippen LogP contribution in [0.5, 0.6) is 5.88 Å². The second-order valence-corrected chi connectivity index (χ2v) is 7.65. The third-order valence-electron chi connectivity index (χ3n) is 3.07. The van der Waals surface area contributed by atoms with Gasteiger partial charge in [0.15, 0.2) is 4.83 Å². The van der Waals surface area contributed by atoms with Crippen LogP contribution in [-0.4, -0.2) is 18.4 Å². The lowest BCUT2D eigenvalue weighted by Crippen LogP contribution is -2.11. The van der Waals surface area contributed by atoms with Crippen LogP contribution in [0.15, 0.2) is 35.2 Å². The molecule has 0 unspecified atom stereocenters. The highest BCUT2D eigenvalue weighted by atomic mass is 32.2. The average Bonchev–Trinajstić information content (AvgIpc) is 2.88. The highest BCUT2D eigenvalue weighted by molar-refractivity contribution is 7.87. The van der Waals surface area contributed by atoms with Crippen LogP contribution in [0.25, 0.3) is 15.1 Å². The van der Waals surface area contributed by atoms with Gasteiger partial charge in [-0.2, -0.15) is 8.42 Å². The summed E-state index contributed by atoms with van der Waals surface area (Å²) < 4.78 is 30.0. The number of nitrogens with zero attached hydrogens (tertiary/aromatic N) is 3. The molecular formula is C15H11N3O3S2. The SMILES string of the molecule is [C-]#[N+]c1nc(OS(=O)(=O)c2ccc(C)cc2)c2cc(C)sc2n1. The molecule has 2 aromatic heterocycles. The largest absolute Gasteiger partial charge is 0.394 e. The van der Waals surface area contributed by atoms with Gasteiger partial charge in [0, 0.05) is 4.88 Å². The first-order valence-electron chi connectivity index (χ1n) is 6.56. The number of rotatable bonds is 3. The van der Waals surface area contributed by atoms with E-state index in [-0.39, 0.29) is 16.7 Å². The van der Waals surface area contributed by atoms with Crippen molar-refractivity contribution < 1.29 is 12.6 Å². The Morgan fingerprint density at radius 3 is 2.52 bits per heavy atom. The minimum absolute atomic E-state index is 0.0335. The van der Waals surface area contributed by atoms with Gasteiger partial charge >= 0.3 is 21.9 Å². The number of benzene rings is 1. The van der Waals surface area contributed by atoms with Gasteiger partial charge in [0.2, 0.25) is 0 Å². The fourth-order valence-electron chi connectivity index (χ4n) is 1.98. The Balaban J connectivity index is 2.10. The van der Waals surface area contributed by atoms with Crippen LogP contribution in [0.2, 0.25) is 0 Å². The van der Waals surface area contributed by atoms with E-state index in [1.807, 2.05) is 13.8 Å². The summed E-state index contributed by atoms with van der Waals surface area (Å²) in [5.41, 5.74) is 0.942. The zero-order chi connectivity index (χ0) is 16.6. The summed E-state index contributed by atoms with van der Waals surface area (Å²) in [7, 11) is -4.03. The van der Waals surface area contributed by atoms with Crippen LogP contribution in [0.3, 0.4) is 0 Å². The Hall–Kier alpha value is -2.50. The van der Waals surface area contributed by atoms with Gasteiger partial charge in [-0.15, -0.1) is 27.9 Å². The van der Waals surface area contributed by atoms with Crippen molar-refractivity contribution in [2.75, 3.05) is 0 Å². The van der Waals surface area contributed by atoms with Crippen LogP contribution in [0, 0.1) is 20.4 Å². The molecule has 0 atom stereocenters. The molecule has 0 saturated carbocycles. The first-order chi connectivity index (χ1) is 10.9. The van der Waals surface area contributed by atoms with Gasteiger partial charge in [-0.1, -0.05) is 17.7 Å². The van der Waals surface area contributed by atoms with Crippen molar-refractivity contribution in [1.82, 2.24) is 9.97 Å². The molecular weight excluding hydrogens is 334 g/mol. The molecule has 2 heterocycles. The van der Waals surface area contributed by atoms with Gasteiger partial charge in [-0.3, -0.25) is 0 Å². The van der Waals surface area contributed by atoms with Crippen LogP contribution in [0.1, 0.15) is 10.4 Å². The molecule has 0 saturated heterocycles. The van der Waals surface area contributed by atoms with Crippen molar-refractivity contribution in [3.8, 4) is 5.88 Å².